The van der Waals surface area contributed by atoms with Crippen LogP contribution in [0.4, 0.5) is 0 Å². The highest BCUT2D eigenvalue weighted by atomic mass is 33.2. The van der Waals surface area contributed by atoms with Crippen molar-refractivity contribution in [1.82, 2.24) is 4.31 Å². The second-order valence-electron chi connectivity index (χ2n) is 5.79. The third kappa shape index (κ3) is 4.46. The Bertz CT molecular complexity index is 897. The minimum Gasteiger partial charge on any atom is -0.387 e. The van der Waals surface area contributed by atoms with Gasteiger partial charge in [-0.2, -0.15) is 12.7 Å². The maximum atomic E-state index is 12.6. The second-order valence-corrected chi connectivity index (χ2v) is 11.6. The zero-order valence-corrected chi connectivity index (χ0v) is 15.6. The van der Waals surface area contributed by atoms with Crippen molar-refractivity contribution in [3.05, 3.63) is 71.8 Å². The molecule has 0 bridgehead atoms. The van der Waals surface area contributed by atoms with Crippen LogP contribution in [-0.4, -0.2) is 38.5 Å². The molecule has 136 valence electrons. The summed E-state index contributed by atoms with van der Waals surface area (Å²) in [6.45, 7) is 1.34. The van der Waals surface area contributed by atoms with Crippen molar-refractivity contribution >= 4 is 17.9 Å². The summed E-state index contributed by atoms with van der Waals surface area (Å²) in [5.74, 6) is 0. The maximum Gasteiger partial charge on any atom is 0.320 e. The molecule has 0 saturated carbocycles. The summed E-state index contributed by atoms with van der Waals surface area (Å²) < 4.78 is 49.6. The van der Waals surface area contributed by atoms with Crippen molar-refractivity contribution in [3.63, 3.8) is 0 Å². The Morgan fingerprint density at radius 1 is 0.920 bits per heavy atom. The van der Waals surface area contributed by atoms with Crippen LogP contribution in [0.1, 0.15) is 24.2 Å². The normalized spacial score (nSPS) is 15.0. The van der Waals surface area contributed by atoms with Crippen molar-refractivity contribution in [2.45, 2.75) is 25.6 Å². The molecule has 0 heterocycles. The molecule has 25 heavy (non-hydrogen) atoms. The van der Waals surface area contributed by atoms with Gasteiger partial charge in [-0.15, -0.1) is 0 Å². The van der Waals surface area contributed by atoms with E-state index in [0.717, 1.165) is 4.31 Å². The van der Waals surface area contributed by atoms with Gasteiger partial charge in [-0.25, -0.2) is 8.42 Å². The first-order valence-corrected chi connectivity index (χ1v) is 11.5. The van der Waals surface area contributed by atoms with E-state index in [1.54, 1.807) is 60.7 Å². The van der Waals surface area contributed by atoms with Crippen LogP contribution >= 0.6 is 0 Å². The van der Waals surface area contributed by atoms with E-state index in [2.05, 4.69) is 0 Å². The van der Waals surface area contributed by atoms with Crippen molar-refractivity contribution in [2.75, 3.05) is 6.26 Å². The van der Waals surface area contributed by atoms with Crippen LogP contribution in [0.2, 0.25) is 0 Å². The summed E-state index contributed by atoms with van der Waals surface area (Å²) in [5, 5.41) is 10.6. The fourth-order valence-corrected chi connectivity index (χ4v) is 5.24. The van der Waals surface area contributed by atoms with Crippen molar-refractivity contribution in [3.8, 4) is 0 Å². The zero-order valence-electron chi connectivity index (χ0n) is 14.0. The molecule has 6 nitrogen and oxygen atoms in total. The molecule has 0 aliphatic heterocycles. The van der Waals surface area contributed by atoms with Crippen LogP contribution in [0.5, 0.6) is 0 Å². The molecule has 8 heteroatoms. The standard InChI is InChI=1S/C17H21NO5S2/c1-14(17(19)16-11-7-4-8-12-16)18(25(22,23)24(2,20)21)13-15-9-5-3-6-10-15/h3-12,14,17,19H,13H2,1-2H3/t14-,17-/m1/s1. The second kappa shape index (κ2) is 7.65. The number of hydrogen-bond acceptors (Lipinski definition) is 5. The first kappa shape index (κ1) is 19.6. The van der Waals surface area contributed by atoms with Crippen molar-refractivity contribution < 1.29 is 21.9 Å². The highest BCUT2D eigenvalue weighted by molar-refractivity contribution is 8.66. The molecule has 2 rings (SSSR count). The monoisotopic (exact) mass is 383 g/mol. The predicted molar refractivity (Wildman–Crippen MR) is 96.6 cm³/mol. The fraction of sp³-hybridized carbons (Fsp3) is 0.294. The van der Waals surface area contributed by atoms with Crippen LogP contribution in [0.25, 0.3) is 0 Å². The zero-order chi connectivity index (χ0) is 18.7. The molecule has 0 aromatic heterocycles. The highest BCUT2D eigenvalue weighted by Crippen LogP contribution is 2.26. The molecule has 2 atom stereocenters. The maximum absolute atomic E-state index is 12.6. The third-order valence-electron chi connectivity index (χ3n) is 3.90. The molecule has 0 saturated heterocycles. The van der Waals surface area contributed by atoms with Gasteiger partial charge >= 0.3 is 9.06 Å². The smallest absolute Gasteiger partial charge is 0.320 e. The number of benzene rings is 2. The number of hydrogen-bond donors (Lipinski definition) is 1. The summed E-state index contributed by atoms with van der Waals surface area (Å²) in [5.41, 5.74) is 1.14. The highest BCUT2D eigenvalue weighted by Gasteiger charge is 2.38. The van der Waals surface area contributed by atoms with Crippen LogP contribution in [0.15, 0.2) is 60.7 Å². The first-order valence-electron chi connectivity index (χ1n) is 7.63. The topological polar surface area (TPSA) is 91.8 Å². The molecular formula is C17H21NO5S2. The van der Waals surface area contributed by atoms with E-state index in [1.807, 2.05) is 0 Å². The van der Waals surface area contributed by atoms with Gasteiger partial charge in [-0.05, 0) is 18.1 Å². The Kier molecular flexibility index (Phi) is 5.99. The van der Waals surface area contributed by atoms with Crippen molar-refractivity contribution in [2.24, 2.45) is 0 Å². The van der Waals surface area contributed by atoms with E-state index in [1.165, 1.54) is 6.92 Å². The van der Waals surface area contributed by atoms with Gasteiger partial charge in [-0.1, -0.05) is 60.7 Å². The van der Waals surface area contributed by atoms with E-state index in [4.69, 9.17) is 0 Å². The van der Waals surface area contributed by atoms with Gasteiger partial charge in [0.15, 0.2) is 0 Å². The van der Waals surface area contributed by atoms with Gasteiger partial charge in [0.1, 0.15) is 0 Å². The Hall–Kier alpha value is -1.74. The molecule has 2 aromatic carbocycles. The molecule has 1 N–H and O–H groups in total. The number of nitrogens with zero attached hydrogens (tertiary/aromatic N) is 1. The molecule has 0 unspecified atom stereocenters. The SMILES string of the molecule is C[C@H]([C@@H](O)c1ccccc1)N(Cc1ccccc1)S(=O)(=O)S(C)(=O)=O. The summed E-state index contributed by atoms with van der Waals surface area (Å²) in [7, 11) is -9.04. The third-order valence-corrected chi connectivity index (χ3v) is 8.57. The Labute approximate surface area is 148 Å². The van der Waals surface area contributed by atoms with Crippen LogP contribution in [0, 0.1) is 0 Å². The van der Waals surface area contributed by atoms with Crippen LogP contribution < -0.4 is 0 Å². The quantitative estimate of drug-likeness (QED) is 0.737. The van der Waals surface area contributed by atoms with Gasteiger partial charge < -0.3 is 5.11 Å². The molecule has 0 spiro atoms. The van der Waals surface area contributed by atoms with E-state index >= 15 is 0 Å². The van der Waals surface area contributed by atoms with E-state index < -0.39 is 30.1 Å². The number of aliphatic hydroxyl groups is 1. The molecule has 0 radical (unpaired) electrons. The Morgan fingerprint density at radius 3 is 1.88 bits per heavy atom. The van der Waals surface area contributed by atoms with E-state index in [9.17, 15) is 21.9 Å². The Morgan fingerprint density at radius 2 is 1.40 bits per heavy atom. The summed E-state index contributed by atoms with van der Waals surface area (Å²) in [6.07, 6.45) is -0.511. The lowest BCUT2D eigenvalue weighted by atomic mass is 10.0. The molecule has 0 aliphatic carbocycles. The molecule has 2 aromatic rings. The molecule has 0 amide bonds. The number of aliphatic hydroxyl groups excluding tert-OH is 1. The first-order chi connectivity index (χ1) is 11.6. The fourth-order valence-electron chi connectivity index (χ4n) is 2.45. The number of rotatable bonds is 7. The van der Waals surface area contributed by atoms with Crippen molar-refractivity contribution in [1.29, 1.82) is 0 Å². The lowest BCUT2D eigenvalue weighted by molar-refractivity contribution is 0.0971. The summed E-state index contributed by atoms with van der Waals surface area (Å²) in [6, 6.07) is 16.2. The Balaban J connectivity index is 2.44. The van der Waals surface area contributed by atoms with Crippen LogP contribution in [-0.2, 0) is 24.5 Å². The molecular weight excluding hydrogens is 362 g/mol. The van der Waals surface area contributed by atoms with Gasteiger partial charge in [0, 0.05) is 6.54 Å². The average Bonchev–Trinajstić information content (AvgIpc) is 2.59. The lowest BCUT2D eigenvalue weighted by Gasteiger charge is -2.31. The minimum atomic E-state index is -4.64. The molecule has 0 aliphatic rings. The van der Waals surface area contributed by atoms with E-state index in [-0.39, 0.29) is 6.54 Å². The predicted octanol–water partition coefficient (Wildman–Crippen LogP) is 1.90. The van der Waals surface area contributed by atoms with Gasteiger partial charge in [0.25, 0.3) is 8.87 Å². The van der Waals surface area contributed by atoms with Gasteiger partial charge in [0.05, 0.1) is 18.4 Å². The van der Waals surface area contributed by atoms with Gasteiger partial charge in [0.2, 0.25) is 0 Å². The lowest BCUT2D eigenvalue weighted by Crippen LogP contribution is -2.44. The largest absolute Gasteiger partial charge is 0.387 e. The van der Waals surface area contributed by atoms with Crippen LogP contribution in [0.3, 0.4) is 0 Å². The molecule has 0 fully saturated rings. The minimum absolute atomic E-state index is 0.151. The van der Waals surface area contributed by atoms with Gasteiger partial charge in [-0.3, -0.25) is 0 Å². The average molecular weight is 383 g/mol. The summed E-state index contributed by atoms with van der Waals surface area (Å²) >= 11 is 0. The van der Waals surface area contributed by atoms with E-state index in [0.29, 0.717) is 17.4 Å². The summed E-state index contributed by atoms with van der Waals surface area (Å²) in [4.78, 5) is 0.